The number of rotatable bonds is 6. The number of piperidine rings is 1. The van der Waals surface area contributed by atoms with E-state index in [2.05, 4.69) is 38.1 Å². The Hall–Kier alpha value is -2.26. The van der Waals surface area contributed by atoms with E-state index in [1.165, 1.54) is 6.33 Å². The molecule has 162 valence electrons. The third-order valence-electron chi connectivity index (χ3n) is 5.70. The van der Waals surface area contributed by atoms with E-state index in [4.69, 9.17) is 0 Å². The average Bonchev–Trinajstić information content (AvgIpc) is 2.75. The Labute approximate surface area is 182 Å². The lowest BCUT2D eigenvalue weighted by molar-refractivity contribution is -0.145. The first-order valence-corrected chi connectivity index (χ1v) is 10.2. The summed E-state index contributed by atoms with van der Waals surface area (Å²) in [7, 11) is 0. The van der Waals surface area contributed by atoms with E-state index in [-0.39, 0.29) is 24.9 Å². The second kappa shape index (κ2) is 10.2. The Bertz CT molecular complexity index is 831. The number of amides is 1. The highest BCUT2D eigenvalue weighted by Gasteiger charge is 2.45. The molecule has 0 bridgehead atoms. The van der Waals surface area contributed by atoms with Crippen LogP contribution in [0.4, 0.5) is 5.82 Å². The van der Waals surface area contributed by atoms with E-state index < -0.39 is 11.6 Å². The molecule has 1 aromatic carbocycles. The quantitative estimate of drug-likeness (QED) is 0.542. The van der Waals surface area contributed by atoms with Crippen molar-refractivity contribution in [3.8, 4) is 0 Å². The predicted octanol–water partition coefficient (Wildman–Crippen LogP) is 1.10. The normalized spacial score (nSPS) is 19.6. The summed E-state index contributed by atoms with van der Waals surface area (Å²) in [5, 5.41) is 21.2. The van der Waals surface area contributed by atoms with Crippen LogP contribution in [0, 0.1) is 0 Å². The van der Waals surface area contributed by atoms with Crippen LogP contribution in [-0.4, -0.2) is 64.2 Å². The second-order valence-electron chi connectivity index (χ2n) is 7.69. The van der Waals surface area contributed by atoms with E-state index in [9.17, 15) is 9.90 Å². The van der Waals surface area contributed by atoms with Gasteiger partial charge in [0, 0.05) is 25.7 Å². The maximum Gasteiger partial charge on any atom is 0.237 e. The number of hydrogen-bond acceptors (Lipinski definition) is 7. The van der Waals surface area contributed by atoms with Gasteiger partial charge in [0.25, 0.3) is 0 Å². The Kier molecular flexibility index (Phi) is 7.60. The lowest BCUT2D eigenvalue weighted by Gasteiger charge is -2.45. The summed E-state index contributed by atoms with van der Waals surface area (Å²) in [4.78, 5) is 23.3. The van der Waals surface area contributed by atoms with Crippen molar-refractivity contribution in [1.29, 1.82) is 0 Å². The molecule has 1 amide bonds. The van der Waals surface area contributed by atoms with Crippen LogP contribution >= 0.6 is 12.4 Å². The van der Waals surface area contributed by atoms with Crippen LogP contribution in [0.1, 0.15) is 30.1 Å². The highest BCUT2D eigenvalue weighted by atomic mass is 35.5. The Morgan fingerprint density at radius 1 is 1.13 bits per heavy atom. The van der Waals surface area contributed by atoms with Gasteiger partial charge in [-0.05, 0) is 31.5 Å². The van der Waals surface area contributed by atoms with Gasteiger partial charge in [-0.15, -0.1) is 12.4 Å². The highest BCUT2D eigenvalue weighted by Crippen LogP contribution is 2.38. The molecule has 1 unspecified atom stereocenters. The molecule has 3 heterocycles. The number of nitrogens with zero attached hydrogens (tertiary/aromatic N) is 3. The predicted molar refractivity (Wildman–Crippen MR) is 117 cm³/mol. The topological polar surface area (TPSA) is 102 Å². The molecule has 1 atom stereocenters. The number of hydrogen-bond donors (Lipinski definition) is 4. The lowest BCUT2D eigenvalue weighted by Crippen LogP contribution is -2.58. The molecule has 8 nitrogen and oxygen atoms in total. The second-order valence-corrected chi connectivity index (χ2v) is 7.69. The number of carbonyl (C=O) groups excluding carboxylic acids is 1. The Morgan fingerprint density at radius 2 is 1.90 bits per heavy atom. The smallest absolute Gasteiger partial charge is 0.237 e. The summed E-state index contributed by atoms with van der Waals surface area (Å²) < 4.78 is 0. The van der Waals surface area contributed by atoms with Crippen LogP contribution in [0.15, 0.2) is 42.7 Å². The number of aliphatic hydroxyl groups is 1. The molecule has 4 rings (SSSR count). The zero-order valence-corrected chi connectivity index (χ0v) is 17.7. The van der Waals surface area contributed by atoms with E-state index in [0.29, 0.717) is 44.0 Å². The molecule has 9 heteroatoms. The van der Waals surface area contributed by atoms with Crippen LogP contribution < -0.4 is 16.0 Å². The van der Waals surface area contributed by atoms with E-state index >= 15 is 0 Å². The summed E-state index contributed by atoms with van der Waals surface area (Å²) in [6, 6.07) is 11.5. The molecule has 4 N–H and O–H groups in total. The van der Waals surface area contributed by atoms with Crippen molar-refractivity contribution >= 4 is 24.1 Å². The van der Waals surface area contributed by atoms with Crippen molar-refractivity contribution in [1.82, 2.24) is 25.5 Å². The summed E-state index contributed by atoms with van der Waals surface area (Å²) in [6.45, 7) is 3.63. The van der Waals surface area contributed by atoms with E-state index in [0.717, 1.165) is 18.7 Å². The molecule has 2 fully saturated rings. The molecule has 2 aromatic rings. The summed E-state index contributed by atoms with van der Waals surface area (Å²) in [5.41, 5.74) is 0.817. The highest BCUT2D eigenvalue weighted by molar-refractivity contribution is 5.85. The SMILES string of the molecule is Cl.O=C1CNCCN1C(c1cc(NCc2ccccc2)ncn1)C1(O)CCNCC1. The number of aromatic nitrogens is 2. The molecule has 30 heavy (non-hydrogen) atoms. The first kappa shape index (κ1) is 22.4. The maximum absolute atomic E-state index is 12.7. The summed E-state index contributed by atoms with van der Waals surface area (Å²) in [5.74, 6) is 0.676. The molecular formula is C21H29ClN6O2. The monoisotopic (exact) mass is 432 g/mol. The van der Waals surface area contributed by atoms with Gasteiger partial charge in [-0.3, -0.25) is 4.79 Å². The average molecular weight is 433 g/mol. The minimum atomic E-state index is -1.01. The standard InChI is InChI=1S/C21H28N6O2.ClH/c28-19-14-23-10-11-27(19)20(21(29)6-8-22-9-7-21)17-12-18(26-15-25-17)24-13-16-4-2-1-3-5-16;/h1-5,12,15,20,22-23,29H,6-11,13-14H2,(H,24,25,26);1H. The minimum Gasteiger partial charge on any atom is -0.387 e. The van der Waals surface area contributed by atoms with Crippen LogP contribution in [0.25, 0.3) is 0 Å². The number of nitrogens with one attached hydrogen (secondary N) is 3. The number of piperazine rings is 1. The third kappa shape index (κ3) is 5.07. The van der Waals surface area contributed by atoms with Crippen molar-refractivity contribution in [2.24, 2.45) is 0 Å². The fourth-order valence-corrected chi connectivity index (χ4v) is 4.16. The lowest BCUT2D eigenvalue weighted by atomic mass is 9.81. The number of benzene rings is 1. The molecule has 2 aliphatic heterocycles. The molecule has 0 spiro atoms. The van der Waals surface area contributed by atoms with Gasteiger partial charge in [0.2, 0.25) is 5.91 Å². The van der Waals surface area contributed by atoms with Crippen molar-refractivity contribution in [2.75, 3.05) is 38.0 Å². The van der Waals surface area contributed by atoms with Crippen LogP contribution in [0.3, 0.4) is 0 Å². The zero-order chi connectivity index (χ0) is 20.1. The maximum atomic E-state index is 12.7. The first-order chi connectivity index (χ1) is 14.2. The zero-order valence-electron chi connectivity index (χ0n) is 16.9. The van der Waals surface area contributed by atoms with Gasteiger partial charge in [-0.25, -0.2) is 9.97 Å². The van der Waals surface area contributed by atoms with Gasteiger partial charge >= 0.3 is 0 Å². The van der Waals surface area contributed by atoms with Gasteiger partial charge in [0.1, 0.15) is 18.2 Å². The van der Waals surface area contributed by atoms with Gasteiger partial charge in [0.05, 0.1) is 17.8 Å². The first-order valence-electron chi connectivity index (χ1n) is 10.2. The van der Waals surface area contributed by atoms with Crippen molar-refractivity contribution in [3.05, 3.63) is 54.0 Å². The van der Waals surface area contributed by atoms with Crippen molar-refractivity contribution in [3.63, 3.8) is 0 Å². The van der Waals surface area contributed by atoms with Gasteiger partial charge < -0.3 is 26.0 Å². The van der Waals surface area contributed by atoms with Gasteiger partial charge in [-0.1, -0.05) is 30.3 Å². The molecule has 0 aliphatic carbocycles. The third-order valence-corrected chi connectivity index (χ3v) is 5.70. The molecule has 2 aliphatic rings. The Balaban J connectivity index is 0.00000256. The number of anilines is 1. The molecule has 2 saturated heterocycles. The molecule has 1 aromatic heterocycles. The summed E-state index contributed by atoms with van der Waals surface area (Å²) in [6.07, 6.45) is 2.66. The number of carbonyl (C=O) groups is 1. The molecular weight excluding hydrogens is 404 g/mol. The van der Waals surface area contributed by atoms with Gasteiger partial charge in [0.15, 0.2) is 0 Å². The van der Waals surface area contributed by atoms with E-state index in [1.807, 2.05) is 24.3 Å². The fraction of sp³-hybridized carbons (Fsp3) is 0.476. The van der Waals surface area contributed by atoms with Crippen LogP contribution in [0.2, 0.25) is 0 Å². The number of halogens is 1. The summed E-state index contributed by atoms with van der Waals surface area (Å²) >= 11 is 0. The minimum absolute atomic E-state index is 0. The molecule has 0 saturated carbocycles. The molecule has 0 radical (unpaired) electrons. The largest absolute Gasteiger partial charge is 0.387 e. The van der Waals surface area contributed by atoms with E-state index in [1.54, 1.807) is 4.90 Å². The van der Waals surface area contributed by atoms with Crippen molar-refractivity contribution in [2.45, 2.75) is 31.0 Å². The Morgan fingerprint density at radius 3 is 2.63 bits per heavy atom. The van der Waals surface area contributed by atoms with Gasteiger partial charge in [-0.2, -0.15) is 0 Å². The van der Waals surface area contributed by atoms with Crippen molar-refractivity contribution < 1.29 is 9.90 Å². The fourth-order valence-electron chi connectivity index (χ4n) is 4.16. The van der Waals surface area contributed by atoms with Crippen LogP contribution in [0.5, 0.6) is 0 Å². The van der Waals surface area contributed by atoms with Crippen LogP contribution in [-0.2, 0) is 11.3 Å².